The van der Waals surface area contributed by atoms with Crippen LogP contribution in [0.25, 0.3) is 10.9 Å². The van der Waals surface area contributed by atoms with E-state index in [0.29, 0.717) is 43.2 Å². The van der Waals surface area contributed by atoms with Crippen LogP contribution >= 0.6 is 11.6 Å². The molecule has 4 rings (SSSR count). The molecule has 1 aliphatic rings. The Kier molecular flexibility index (Phi) is 8.85. The van der Waals surface area contributed by atoms with Gasteiger partial charge in [-0.25, -0.2) is 0 Å². The maximum absolute atomic E-state index is 12.8. The van der Waals surface area contributed by atoms with Gasteiger partial charge in [0.1, 0.15) is 17.4 Å². The molecule has 0 aliphatic carbocycles. The fraction of sp³-hybridized carbons (Fsp3) is 0.292. The van der Waals surface area contributed by atoms with E-state index in [1.54, 1.807) is 43.3 Å². The Balaban J connectivity index is 0.00000125. The number of aryl methyl sites for hydroxylation is 1. The van der Waals surface area contributed by atoms with Crippen LogP contribution in [0.5, 0.6) is 5.75 Å². The summed E-state index contributed by atoms with van der Waals surface area (Å²) in [5.41, 5.74) is 1.90. The summed E-state index contributed by atoms with van der Waals surface area (Å²) in [6.07, 6.45) is 1.47. The molecule has 2 heterocycles. The lowest BCUT2D eigenvalue weighted by molar-refractivity contribution is 0.0747. The standard InChI is InChI=1S/C23H22N4O3.CH3Cl.H3N/c1-25-20-6-4-3-5-18(20)21(19(15-24)23(25)29)26-11-13-27(14-12-26)22(28)16-7-9-17(30-2)10-8-16;1-2;/h3-10H,11-14H2,1-2H3;1H3;1H3. The average molecular weight is 470 g/mol. The molecule has 9 heteroatoms. The quantitative estimate of drug-likeness (QED) is 0.588. The number of pyridine rings is 1. The lowest BCUT2D eigenvalue weighted by Crippen LogP contribution is -2.49. The van der Waals surface area contributed by atoms with Gasteiger partial charge in [-0.2, -0.15) is 5.26 Å². The van der Waals surface area contributed by atoms with Crippen LogP contribution in [0.3, 0.4) is 0 Å². The Labute approximate surface area is 198 Å². The minimum Gasteiger partial charge on any atom is -0.497 e. The Morgan fingerprint density at radius 1 is 1.03 bits per heavy atom. The van der Waals surface area contributed by atoms with Crippen molar-refractivity contribution in [3.05, 3.63) is 70.0 Å². The highest BCUT2D eigenvalue weighted by Gasteiger charge is 2.26. The number of ether oxygens (including phenoxy) is 1. The number of hydrogen-bond acceptors (Lipinski definition) is 6. The number of para-hydroxylation sites is 1. The minimum atomic E-state index is -0.303. The number of methoxy groups -OCH3 is 1. The van der Waals surface area contributed by atoms with Crippen molar-refractivity contribution in [2.45, 2.75) is 0 Å². The van der Waals surface area contributed by atoms with Gasteiger partial charge in [-0.05, 0) is 30.3 Å². The van der Waals surface area contributed by atoms with Crippen molar-refractivity contribution in [1.82, 2.24) is 15.6 Å². The number of hydrogen-bond donors (Lipinski definition) is 1. The van der Waals surface area contributed by atoms with Gasteiger partial charge in [0.05, 0.1) is 18.3 Å². The Hall–Kier alpha value is -3.54. The van der Waals surface area contributed by atoms with E-state index in [1.165, 1.54) is 11.0 Å². The fourth-order valence-electron chi connectivity index (χ4n) is 3.96. The maximum atomic E-state index is 12.8. The summed E-state index contributed by atoms with van der Waals surface area (Å²) in [6, 6.07) is 16.8. The SMILES string of the molecule is CCl.COc1ccc(C(=O)N2CCN(c3c(C#N)c(=O)n(C)c4ccccc34)CC2)cc1.N. The summed E-state index contributed by atoms with van der Waals surface area (Å²) >= 11 is 4.64. The van der Waals surface area contributed by atoms with E-state index in [1.807, 2.05) is 29.2 Å². The number of nitrogens with zero attached hydrogens (tertiary/aromatic N) is 4. The zero-order valence-corrected chi connectivity index (χ0v) is 19.8. The van der Waals surface area contributed by atoms with Gasteiger partial charge >= 0.3 is 0 Å². The molecule has 0 bridgehead atoms. The first-order valence-corrected chi connectivity index (χ1v) is 10.9. The van der Waals surface area contributed by atoms with Crippen molar-refractivity contribution in [3.8, 4) is 11.8 Å². The molecule has 0 spiro atoms. The van der Waals surface area contributed by atoms with E-state index in [0.717, 1.165) is 10.9 Å². The molecule has 3 aromatic rings. The number of piperazine rings is 1. The lowest BCUT2D eigenvalue weighted by atomic mass is 10.1. The van der Waals surface area contributed by atoms with Crippen LogP contribution in [0.1, 0.15) is 15.9 Å². The van der Waals surface area contributed by atoms with Crippen molar-refractivity contribution in [1.29, 1.82) is 5.26 Å². The molecular weight excluding hydrogens is 442 g/mol. The summed E-state index contributed by atoms with van der Waals surface area (Å²) in [5.74, 6) is 0.671. The number of anilines is 1. The molecule has 0 radical (unpaired) electrons. The predicted molar refractivity (Wildman–Crippen MR) is 132 cm³/mol. The van der Waals surface area contributed by atoms with Gasteiger partial charge < -0.3 is 25.3 Å². The molecule has 3 N–H and O–H groups in total. The van der Waals surface area contributed by atoms with E-state index in [4.69, 9.17) is 4.74 Å². The molecule has 0 atom stereocenters. The van der Waals surface area contributed by atoms with Gasteiger partial charge in [0.25, 0.3) is 11.5 Å². The van der Waals surface area contributed by atoms with Crippen molar-refractivity contribution in [2.75, 3.05) is 44.6 Å². The highest BCUT2D eigenvalue weighted by Crippen LogP contribution is 2.29. The molecule has 1 aromatic heterocycles. The third-order valence-corrected chi connectivity index (χ3v) is 5.61. The number of nitriles is 1. The van der Waals surface area contributed by atoms with E-state index in [9.17, 15) is 14.9 Å². The van der Waals surface area contributed by atoms with Crippen molar-refractivity contribution in [3.63, 3.8) is 0 Å². The molecular formula is C24H28ClN5O3. The Bertz CT molecular complexity index is 1210. The summed E-state index contributed by atoms with van der Waals surface area (Å²) in [6.45, 7) is 2.13. The van der Waals surface area contributed by atoms with Crippen LogP contribution in [-0.2, 0) is 7.05 Å². The molecule has 33 heavy (non-hydrogen) atoms. The number of amides is 1. The van der Waals surface area contributed by atoms with Crippen molar-refractivity contribution in [2.24, 2.45) is 7.05 Å². The van der Waals surface area contributed by atoms with Crippen LogP contribution in [0.4, 0.5) is 5.69 Å². The van der Waals surface area contributed by atoms with E-state index in [2.05, 4.69) is 17.7 Å². The van der Waals surface area contributed by atoms with Crippen LogP contribution in [0.2, 0.25) is 0 Å². The molecule has 0 saturated carbocycles. The van der Waals surface area contributed by atoms with Gasteiger partial charge in [0.15, 0.2) is 0 Å². The largest absolute Gasteiger partial charge is 0.497 e. The van der Waals surface area contributed by atoms with Gasteiger partial charge in [0.2, 0.25) is 0 Å². The first kappa shape index (κ1) is 25.7. The molecule has 1 aliphatic heterocycles. The minimum absolute atomic E-state index is 0. The monoisotopic (exact) mass is 469 g/mol. The number of alkyl halides is 1. The molecule has 1 amide bonds. The second kappa shape index (κ2) is 11.4. The summed E-state index contributed by atoms with van der Waals surface area (Å²) < 4.78 is 6.66. The second-order valence-corrected chi connectivity index (χ2v) is 7.22. The van der Waals surface area contributed by atoms with Gasteiger partial charge in [-0.3, -0.25) is 9.59 Å². The first-order chi connectivity index (χ1) is 15.5. The second-order valence-electron chi connectivity index (χ2n) is 7.22. The Morgan fingerprint density at radius 3 is 2.21 bits per heavy atom. The van der Waals surface area contributed by atoms with Gasteiger partial charge in [-0.1, -0.05) is 18.2 Å². The topological polar surface area (TPSA) is 114 Å². The highest BCUT2D eigenvalue weighted by molar-refractivity contribution is 6.15. The summed E-state index contributed by atoms with van der Waals surface area (Å²) in [5, 5.41) is 10.5. The fourth-order valence-corrected chi connectivity index (χ4v) is 3.96. The first-order valence-electron chi connectivity index (χ1n) is 10.1. The highest BCUT2D eigenvalue weighted by atomic mass is 35.5. The normalized spacial score (nSPS) is 12.8. The van der Waals surface area contributed by atoms with Crippen molar-refractivity contribution >= 4 is 34.1 Å². The number of halogens is 1. The third kappa shape index (κ3) is 4.95. The smallest absolute Gasteiger partial charge is 0.270 e. The maximum Gasteiger partial charge on any atom is 0.270 e. The number of carbonyl (C=O) groups excluding carboxylic acids is 1. The van der Waals surface area contributed by atoms with E-state index >= 15 is 0 Å². The predicted octanol–water partition coefficient (Wildman–Crippen LogP) is 3.40. The molecule has 1 fully saturated rings. The molecule has 2 aromatic carbocycles. The lowest BCUT2D eigenvalue weighted by Gasteiger charge is -2.37. The molecule has 174 valence electrons. The number of rotatable bonds is 3. The zero-order valence-electron chi connectivity index (χ0n) is 19.0. The zero-order chi connectivity index (χ0) is 23.3. The van der Waals surface area contributed by atoms with Crippen LogP contribution < -0.4 is 21.3 Å². The summed E-state index contributed by atoms with van der Waals surface area (Å²) in [7, 11) is 3.27. The van der Waals surface area contributed by atoms with E-state index < -0.39 is 0 Å². The van der Waals surface area contributed by atoms with E-state index in [-0.39, 0.29) is 23.2 Å². The van der Waals surface area contributed by atoms with Gasteiger partial charge in [-0.15, -0.1) is 11.6 Å². The summed E-state index contributed by atoms with van der Waals surface area (Å²) in [4.78, 5) is 29.4. The van der Waals surface area contributed by atoms with Crippen LogP contribution in [0.15, 0.2) is 53.3 Å². The van der Waals surface area contributed by atoms with Crippen molar-refractivity contribution < 1.29 is 9.53 Å². The molecule has 8 nitrogen and oxygen atoms in total. The third-order valence-electron chi connectivity index (χ3n) is 5.61. The van der Waals surface area contributed by atoms with Crippen LogP contribution in [-0.4, -0.2) is 55.0 Å². The molecule has 0 unspecified atom stereocenters. The Morgan fingerprint density at radius 2 is 1.64 bits per heavy atom. The number of carbonyl (C=O) groups is 1. The number of aromatic nitrogens is 1. The van der Waals surface area contributed by atoms with Gasteiger partial charge in [0, 0.05) is 50.6 Å². The molecule has 1 saturated heterocycles. The van der Waals surface area contributed by atoms with Crippen LogP contribution in [0, 0.1) is 11.3 Å². The number of benzene rings is 2. The average Bonchev–Trinajstić information content (AvgIpc) is 2.87. The number of fused-ring (bicyclic) bond motifs is 1.